The summed E-state index contributed by atoms with van der Waals surface area (Å²) >= 11 is 0. The lowest BCUT2D eigenvalue weighted by Crippen LogP contribution is -2.06. The van der Waals surface area contributed by atoms with Gasteiger partial charge in [-0.05, 0) is 31.2 Å². The molecule has 0 bridgehead atoms. The molecule has 0 aliphatic rings. The molecule has 2 aromatic rings. The van der Waals surface area contributed by atoms with Gasteiger partial charge in [-0.3, -0.25) is 0 Å². The van der Waals surface area contributed by atoms with Gasteiger partial charge in [0.2, 0.25) is 5.88 Å². The Bertz CT molecular complexity index is 597. The minimum absolute atomic E-state index is 0.193. The Labute approximate surface area is 118 Å². The Kier molecular flexibility index (Phi) is 4.17. The minimum atomic E-state index is -0.296. The first-order chi connectivity index (χ1) is 9.51. The van der Waals surface area contributed by atoms with Crippen molar-refractivity contribution in [2.45, 2.75) is 26.7 Å². The first-order valence-corrected chi connectivity index (χ1v) is 6.51. The molecule has 1 aromatic carbocycles. The van der Waals surface area contributed by atoms with Crippen molar-refractivity contribution < 1.29 is 9.13 Å². The van der Waals surface area contributed by atoms with Gasteiger partial charge in [0.05, 0.1) is 5.56 Å². The third-order valence-corrected chi connectivity index (χ3v) is 2.90. The van der Waals surface area contributed by atoms with Gasteiger partial charge < -0.3 is 10.1 Å². The third-order valence-electron chi connectivity index (χ3n) is 2.90. The fraction of sp³-hybridized carbons (Fsp3) is 0.333. The van der Waals surface area contributed by atoms with Crippen molar-refractivity contribution in [3.63, 3.8) is 0 Å². The highest BCUT2D eigenvalue weighted by molar-refractivity contribution is 5.49. The first-order valence-electron chi connectivity index (χ1n) is 6.51. The van der Waals surface area contributed by atoms with E-state index in [1.807, 2.05) is 20.8 Å². The summed E-state index contributed by atoms with van der Waals surface area (Å²) in [4.78, 5) is 8.88. The highest BCUT2D eigenvalue weighted by atomic mass is 19.1. The number of hydrogen-bond donors (Lipinski definition) is 1. The van der Waals surface area contributed by atoms with Crippen molar-refractivity contribution in [2.75, 3.05) is 12.4 Å². The molecule has 1 aromatic heterocycles. The van der Waals surface area contributed by atoms with Crippen LogP contribution in [-0.4, -0.2) is 17.0 Å². The van der Waals surface area contributed by atoms with Crippen molar-refractivity contribution in [1.82, 2.24) is 9.97 Å². The standard InChI is InChI=1S/C15H18FN3O/c1-9(2)13-18-14(17-4)10(3)15(19-13)20-12-7-5-11(16)6-8-12/h5-9H,1-4H3,(H,17,18,19). The first kappa shape index (κ1) is 14.2. The number of halogens is 1. The van der Waals surface area contributed by atoms with Crippen molar-refractivity contribution >= 4 is 5.82 Å². The van der Waals surface area contributed by atoms with E-state index in [-0.39, 0.29) is 11.7 Å². The molecule has 0 radical (unpaired) electrons. The molecular formula is C15H18FN3O. The Morgan fingerprint density at radius 3 is 2.35 bits per heavy atom. The summed E-state index contributed by atoms with van der Waals surface area (Å²) in [7, 11) is 1.81. The normalized spacial score (nSPS) is 10.7. The molecule has 0 unspecified atom stereocenters. The number of nitrogens with one attached hydrogen (secondary N) is 1. The van der Waals surface area contributed by atoms with Gasteiger partial charge in [0, 0.05) is 13.0 Å². The van der Waals surface area contributed by atoms with Gasteiger partial charge in [0.1, 0.15) is 23.2 Å². The molecule has 2 rings (SSSR count). The maximum atomic E-state index is 12.9. The Morgan fingerprint density at radius 2 is 1.80 bits per heavy atom. The zero-order chi connectivity index (χ0) is 14.7. The monoisotopic (exact) mass is 275 g/mol. The second-order valence-electron chi connectivity index (χ2n) is 4.82. The van der Waals surface area contributed by atoms with Crippen molar-refractivity contribution in [1.29, 1.82) is 0 Å². The van der Waals surface area contributed by atoms with Gasteiger partial charge in [-0.15, -0.1) is 0 Å². The SMILES string of the molecule is CNc1nc(C(C)C)nc(Oc2ccc(F)cc2)c1C. The van der Waals surface area contributed by atoms with E-state index in [0.29, 0.717) is 17.5 Å². The fourth-order valence-corrected chi connectivity index (χ4v) is 1.73. The number of rotatable bonds is 4. The van der Waals surface area contributed by atoms with Crippen molar-refractivity contribution in [2.24, 2.45) is 0 Å². The second kappa shape index (κ2) is 5.86. The maximum absolute atomic E-state index is 12.9. The molecule has 106 valence electrons. The van der Waals surface area contributed by atoms with Gasteiger partial charge in [-0.25, -0.2) is 9.37 Å². The van der Waals surface area contributed by atoms with E-state index in [0.717, 1.165) is 11.4 Å². The van der Waals surface area contributed by atoms with E-state index in [1.54, 1.807) is 19.2 Å². The number of nitrogens with zero attached hydrogens (tertiary/aromatic N) is 2. The molecule has 0 atom stereocenters. The van der Waals surface area contributed by atoms with Crippen LogP contribution in [0.25, 0.3) is 0 Å². The van der Waals surface area contributed by atoms with Gasteiger partial charge in [-0.1, -0.05) is 13.8 Å². The molecule has 4 nitrogen and oxygen atoms in total. The van der Waals surface area contributed by atoms with Crippen LogP contribution in [0.4, 0.5) is 10.2 Å². The Hall–Kier alpha value is -2.17. The van der Waals surface area contributed by atoms with Crippen LogP contribution >= 0.6 is 0 Å². The van der Waals surface area contributed by atoms with Crippen LogP contribution in [0.3, 0.4) is 0 Å². The molecule has 0 aliphatic heterocycles. The summed E-state index contributed by atoms with van der Waals surface area (Å²) in [6, 6.07) is 5.86. The molecule has 20 heavy (non-hydrogen) atoms. The zero-order valence-corrected chi connectivity index (χ0v) is 12.1. The van der Waals surface area contributed by atoms with E-state index in [9.17, 15) is 4.39 Å². The number of aromatic nitrogens is 2. The highest BCUT2D eigenvalue weighted by Gasteiger charge is 2.14. The molecular weight excluding hydrogens is 257 g/mol. The summed E-state index contributed by atoms with van der Waals surface area (Å²) in [5.74, 6) is 2.37. The number of hydrogen-bond acceptors (Lipinski definition) is 4. The summed E-state index contributed by atoms with van der Waals surface area (Å²) in [5.41, 5.74) is 0.821. The lowest BCUT2D eigenvalue weighted by molar-refractivity contribution is 0.451. The molecule has 1 N–H and O–H groups in total. The molecule has 0 aliphatic carbocycles. The smallest absolute Gasteiger partial charge is 0.227 e. The largest absolute Gasteiger partial charge is 0.439 e. The molecule has 1 heterocycles. The van der Waals surface area contributed by atoms with Crippen molar-refractivity contribution in [3.8, 4) is 11.6 Å². The van der Waals surface area contributed by atoms with Crippen LogP contribution in [-0.2, 0) is 0 Å². The van der Waals surface area contributed by atoms with Crippen LogP contribution < -0.4 is 10.1 Å². The molecule has 0 saturated heterocycles. The Balaban J connectivity index is 2.39. The molecule has 0 fully saturated rings. The highest BCUT2D eigenvalue weighted by Crippen LogP contribution is 2.28. The van der Waals surface area contributed by atoms with Crippen LogP contribution in [0.2, 0.25) is 0 Å². The van der Waals surface area contributed by atoms with E-state index < -0.39 is 0 Å². The summed E-state index contributed by atoms with van der Waals surface area (Å²) in [5, 5.41) is 3.03. The number of ether oxygens (including phenoxy) is 1. The summed E-state index contributed by atoms with van der Waals surface area (Å²) in [6.07, 6.45) is 0. The molecule has 5 heteroatoms. The minimum Gasteiger partial charge on any atom is -0.439 e. The number of benzene rings is 1. The lowest BCUT2D eigenvalue weighted by atomic mass is 10.2. The summed E-state index contributed by atoms with van der Waals surface area (Å²) in [6.45, 7) is 5.92. The van der Waals surface area contributed by atoms with Crippen LogP contribution in [0.1, 0.15) is 31.2 Å². The van der Waals surface area contributed by atoms with Gasteiger partial charge >= 0.3 is 0 Å². The van der Waals surface area contributed by atoms with E-state index in [1.165, 1.54) is 12.1 Å². The lowest BCUT2D eigenvalue weighted by Gasteiger charge is -2.14. The third kappa shape index (κ3) is 3.04. The summed E-state index contributed by atoms with van der Waals surface area (Å²) < 4.78 is 18.6. The molecule has 0 amide bonds. The molecule has 0 saturated carbocycles. The van der Waals surface area contributed by atoms with Crippen LogP contribution in [0.15, 0.2) is 24.3 Å². The quantitative estimate of drug-likeness (QED) is 0.919. The topological polar surface area (TPSA) is 47.0 Å². The van der Waals surface area contributed by atoms with Gasteiger partial charge in [0.15, 0.2) is 0 Å². The average molecular weight is 275 g/mol. The molecule has 0 spiro atoms. The predicted molar refractivity (Wildman–Crippen MR) is 76.9 cm³/mol. The van der Waals surface area contributed by atoms with E-state index in [4.69, 9.17) is 4.74 Å². The van der Waals surface area contributed by atoms with E-state index in [2.05, 4.69) is 15.3 Å². The zero-order valence-electron chi connectivity index (χ0n) is 12.1. The predicted octanol–water partition coefficient (Wildman–Crippen LogP) is 3.88. The fourth-order valence-electron chi connectivity index (χ4n) is 1.73. The van der Waals surface area contributed by atoms with Gasteiger partial charge in [0.25, 0.3) is 0 Å². The van der Waals surface area contributed by atoms with Crippen LogP contribution in [0.5, 0.6) is 11.6 Å². The Morgan fingerprint density at radius 1 is 1.15 bits per heavy atom. The van der Waals surface area contributed by atoms with Crippen LogP contribution in [0, 0.1) is 12.7 Å². The van der Waals surface area contributed by atoms with Gasteiger partial charge in [-0.2, -0.15) is 4.98 Å². The maximum Gasteiger partial charge on any atom is 0.227 e. The van der Waals surface area contributed by atoms with E-state index >= 15 is 0 Å². The van der Waals surface area contributed by atoms with Crippen molar-refractivity contribution in [3.05, 3.63) is 41.5 Å². The second-order valence-corrected chi connectivity index (χ2v) is 4.82. The average Bonchev–Trinajstić information content (AvgIpc) is 2.43. The number of anilines is 1.